The predicted molar refractivity (Wildman–Crippen MR) is 89.9 cm³/mol. The summed E-state index contributed by atoms with van der Waals surface area (Å²) in [5, 5.41) is 0. The standard InChI is InChI=1S/C19H30N2/c1-3-7-15-12-13-19(20-17(15)8-4-2)21-14-6-10-16-9-5-11-18(16)21/h12-13,16,18H,3-11,14H2,1-2H3. The molecule has 3 rings (SSSR count). The molecule has 2 heterocycles. The number of hydrogen-bond donors (Lipinski definition) is 0. The third-order valence-electron chi connectivity index (χ3n) is 5.35. The maximum absolute atomic E-state index is 5.09. The summed E-state index contributed by atoms with van der Waals surface area (Å²) in [6, 6.07) is 5.43. The average molecular weight is 286 g/mol. The van der Waals surface area contributed by atoms with Crippen LogP contribution < -0.4 is 4.90 Å². The average Bonchev–Trinajstić information content (AvgIpc) is 2.98. The first-order valence-electron chi connectivity index (χ1n) is 9.09. The molecule has 1 aliphatic carbocycles. The summed E-state index contributed by atoms with van der Waals surface area (Å²) in [5.74, 6) is 2.19. The van der Waals surface area contributed by atoms with Crippen LogP contribution in [0.1, 0.15) is 70.1 Å². The molecule has 0 radical (unpaired) electrons. The number of nitrogens with zero attached hydrogens (tertiary/aromatic N) is 2. The Bertz CT molecular complexity index is 469. The monoisotopic (exact) mass is 286 g/mol. The number of rotatable bonds is 5. The van der Waals surface area contributed by atoms with Crippen LogP contribution in [-0.4, -0.2) is 17.6 Å². The number of aryl methyl sites for hydroxylation is 2. The molecule has 2 heteroatoms. The van der Waals surface area contributed by atoms with Gasteiger partial charge in [-0.15, -0.1) is 0 Å². The summed E-state index contributed by atoms with van der Waals surface area (Å²) in [6.07, 6.45) is 11.7. The summed E-state index contributed by atoms with van der Waals surface area (Å²) >= 11 is 0. The lowest BCUT2D eigenvalue weighted by atomic mass is 9.92. The van der Waals surface area contributed by atoms with Crippen LogP contribution in [-0.2, 0) is 12.8 Å². The Kier molecular flexibility index (Phi) is 4.82. The molecule has 21 heavy (non-hydrogen) atoms. The largest absolute Gasteiger partial charge is 0.353 e. The topological polar surface area (TPSA) is 16.1 Å². The molecule has 0 N–H and O–H groups in total. The molecule has 1 aromatic heterocycles. The summed E-state index contributed by atoms with van der Waals surface area (Å²) < 4.78 is 0. The second-order valence-electron chi connectivity index (χ2n) is 6.87. The molecule has 116 valence electrons. The normalized spacial score (nSPS) is 25.1. The SMILES string of the molecule is CCCc1ccc(N2CCCC3CCCC32)nc1CCC. The van der Waals surface area contributed by atoms with Gasteiger partial charge in [0.2, 0.25) is 0 Å². The lowest BCUT2D eigenvalue weighted by Gasteiger charge is -2.39. The van der Waals surface area contributed by atoms with Crippen LogP contribution in [0.4, 0.5) is 5.82 Å². The fraction of sp³-hybridized carbons (Fsp3) is 0.737. The van der Waals surface area contributed by atoms with E-state index in [2.05, 4.69) is 30.9 Å². The molecule has 0 spiro atoms. The smallest absolute Gasteiger partial charge is 0.129 e. The van der Waals surface area contributed by atoms with E-state index in [0.717, 1.165) is 18.4 Å². The molecule has 1 aromatic rings. The Morgan fingerprint density at radius 3 is 2.67 bits per heavy atom. The van der Waals surface area contributed by atoms with Gasteiger partial charge in [0.25, 0.3) is 0 Å². The molecule has 2 aliphatic rings. The lowest BCUT2D eigenvalue weighted by molar-refractivity contribution is 0.360. The third-order valence-corrected chi connectivity index (χ3v) is 5.35. The molecule has 1 saturated carbocycles. The van der Waals surface area contributed by atoms with E-state index in [-0.39, 0.29) is 0 Å². The second-order valence-corrected chi connectivity index (χ2v) is 6.87. The van der Waals surface area contributed by atoms with Crippen LogP contribution in [0.25, 0.3) is 0 Å². The Morgan fingerprint density at radius 2 is 1.86 bits per heavy atom. The highest BCUT2D eigenvalue weighted by Crippen LogP contribution is 2.38. The Balaban J connectivity index is 1.85. The van der Waals surface area contributed by atoms with E-state index in [4.69, 9.17) is 4.98 Å². The van der Waals surface area contributed by atoms with Gasteiger partial charge in [-0.3, -0.25) is 0 Å². The second kappa shape index (κ2) is 6.81. The predicted octanol–water partition coefficient (Wildman–Crippen LogP) is 4.76. The highest BCUT2D eigenvalue weighted by Gasteiger charge is 2.35. The van der Waals surface area contributed by atoms with Gasteiger partial charge in [-0.1, -0.05) is 39.2 Å². The maximum Gasteiger partial charge on any atom is 0.129 e. The van der Waals surface area contributed by atoms with Gasteiger partial charge < -0.3 is 4.90 Å². The first-order chi connectivity index (χ1) is 10.3. The van der Waals surface area contributed by atoms with Crippen molar-refractivity contribution in [1.82, 2.24) is 4.98 Å². The molecule has 1 saturated heterocycles. The van der Waals surface area contributed by atoms with E-state index >= 15 is 0 Å². The summed E-state index contributed by atoms with van der Waals surface area (Å²) in [4.78, 5) is 7.73. The summed E-state index contributed by atoms with van der Waals surface area (Å²) in [6.45, 7) is 5.74. The zero-order valence-corrected chi connectivity index (χ0v) is 13.8. The minimum absolute atomic E-state index is 0.776. The molecular weight excluding hydrogens is 256 g/mol. The van der Waals surface area contributed by atoms with Gasteiger partial charge >= 0.3 is 0 Å². The van der Waals surface area contributed by atoms with E-state index in [9.17, 15) is 0 Å². The van der Waals surface area contributed by atoms with Crippen molar-refractivity contribution in [1.29, 1.82) is 0 Å². The zero-order chi connectivity index (χ0) is 14.7. The number of piperidine rings is 1. The van der Waals surface area contributed by atoms with Crippen LogP contribution in [0.5, 0.6) is 0 Å². The van der Waals surface area contributed by atoms with Crippen molar-refractivity contribution in [3.8, 4) is 0 Å². The first kappa shape index (κ1) is 14.9. The molecule has 2 nitrogen and oxygen atoms in total. The molecule has 2 unspecified atom stereocenters. The van der Waals surface area contributed by atoms with E-state index < -0.39 is 0 Å². The van der Waals surface area contributed by atoms with Crippen molar-refractivity contribution in [2.24, 2.45) is 5.92 Å². The van der Waals surface area contributed by atoms with Crippen LogP contribution in [0.15, 0.2) is 12.1 Å². The van der Waals surface area contributed by atoms with Crippen LogP contribution >= 0.6 is 0 Å². The zero-order valence-electron chi connectivity index (χ0n) is 13.8. The quantitative estimate of drug-likeness (QED) is 0.776. The van der Waals surface area contributed by atoms with E-state index in [1.54, 1.807) is 0 Å². The van der Waals surface area contributed by atoms with Gasteiger partial charge in [0.05, 0.1) is 0 Å². The van der Waals surface area contributed by atoms with E-state index in [0.29, 0.717) is 0 Å². The van der Waals surface area contributed by atoms with E-state index in [1.165, 1.54) is 75.0 Å². The van der Waals surface area contributed by atoms with Crippen LogP contribution in [0.2, 0.25) is 0 Å². The molecule has 0 amide bonds. The number of aromatic nitrogens is 1. The third kappa shape index (κ3) is 3.09. The number of hydrogen-bond acceptors (Lipinski definition) is 2. The summed E-state index contributed by atoms with van der Waals surface area (Å²) in [7, 11) is 0. The Morgan fingerprint density at radius 1 is 1.05 bits per heavy atom. The Labute approximate surface area is 130 Å². The van der Waals surface area contributed by atoms with Crippen molar-refractivity contribution in [2.45, 2.75) is 77.7 Å². The van der Waals surface area contributed by atoms with Gasteiger partial charge in [0.1, 0.15) is 5.82 Å². The fourth-order valence-corrected chi connectivity index (χ4v) is 4.37. The molecular formula is C19H30N2. The number of fused-ring (bicyclic) bond motifs is 1. The minimum Gasteiger partial charge on any atom is -0.353 e. The Hall–Kier alpha value is -1.05. The summed E-state index contributed by atoms with van der Waals surface area (Å²) in [5.41, 5.74) is 2.83. The fourth-order valence-electron chi connectivity index (χ4n) is 4.37. The molecule has 1 aliphatic heterocycles. The van der Waals surface area contributed by atoms with Gasteiger partial charge in [-0.2, -0.15) is 0 Å². The lowest BCUT2D eigenvalue weighted by Crippen LogP contribution is -2.43. The molecule has 2 atom stereocenters. The highest BCUT2D eigenvalue weighted by atomic mass is 15.2. The number of pyridine rings is 1. The maximum atomic E-state index is 5.09. The van der Waals surface area contributed by atoms with Crippen LogP contribution in [0, 0.1) is 5.92 Å². The highest BCUT2D eigenvalue weighted by molar-refractivity contribution is 5.44. The van der Waals surface area contributed by atoms with Crippen molar-refractivity contribution < 1.29 is 0 Å². The van der Waals surface area contributed by atoms with Gasteiger partial charge in [0.15, 0.2) is 0 Å². The van der Waals surface area contributed by atoms with Crippen molar-refractivity contribution in [2.75, 3.05) is 11.4 Å². The molecule has 2 fully saturated rings. The van der Waals surface area contributed by atoms with Crippen molar-refractivity contribution in [3.63, 3.8) is 0 Å². The van der Waals surface area contributed by atoms with Crippen LogP contribution in [0.3, 0.4) is 0 Å². The van der Waals surface area contributed by atoms with Crippen molar-refractivity contribution >= 4 is 5.82 Å². The number of anilines is 1. The van der Waals surface area contributed by atoms with Gasteiger partial charge in [0, 0.05) is 18.3 Å². The van der Waals surface area contributed by atoms with Crippen molar-refractivity contribution in [3.05, 3.63) is 23.4 Å². The molecule has 0 aromatic carbocycles. The first-order valence-corrected chi connectivity index (χ1v) is 9.09. The van der Waals surface area contributed by atoms with Gasteiger partial charge in [-0.25, -0.2) is 4.98 Å². The van der Waals surface area contributed by atoms with Gasteiger partial charge in [-0.05, 0) is 56.1 Å². The molecule has 0 bridgehead atoms. The minimum atomic E-state index is 0.776. The van der Waals surface area contributed by atoms with E-state index in [1.807, 2.05) is 0 Å².